The zero-order chi connectivity index (χ0) is 31.6. The Morgan fingerprint density at radius 1 is 0.977 bits per heavy atom. The molecule has 3 saturated carbocycles. The molecule has 0 amide bonds. The van der Waals surface area contributed by atoms with Crippen LogP contribution in [0.1, 0.15) is 117 Å². The summed E-state index contributed by atoms with van der Waals surface area (Å²) in [6.07, 6.45) is 14.0. The van der Waals surface area contributed by atoms with Crippen LogP contribution in [0.5, 0.6) is 5.75 Å². The molecule has 1 aromatic rings. The number of carbonyl (C=O) groups excluding carboxylic acids is 1. The van der Waals surface area contributed by atoms with Crippen LogP contribution in [0.3, 0.4) is 0 Å². The molecular weight excluding hydrogens is 552 g/mol. The minimum absolute atomic E-state index is 0.00716. The van der Waals surface area contributed by atoms with E-state index < -0.39 is 24.5 Å². The minimum atomic E-state index is -1.13. The van der Waals surface area contributed by atoms with Crippen LogP contribution >= 0.6 is 0 Å². The lowest BCUT2D eigenvalue weighted by Crippen LogP contribution is -2.51. The molecule has 6 heteroatoms. The van der Waals surface area contributed by atoms with Crippen molar-refractivity contribution in [3.63, 3.8) is 0 Å². The number of phenols is 1. The lowest BCUT2D eigenvalue weighted by Gasteiger charge is -2.58. The molecule has 244 valence electrons. The Labute approximate surface area is 265 Å². The Morgan fingerprint density at radius 3 is 2.43 bits per heavy atom. The van der Waals surface area contributed by atoms with Gasteiger partial charge in [-0.25, -0.2) is 4.79 Å². The molecule has 0 radical (unpaired) electrons. The molecule has 1 aromatic carbocycles. The van der Waals surface area contributed by atoms with E-state index in [2.05, 4.69) is 40.7 Å². The van der Waals surface area contributed by atoms with E-state index in [1.54, 1.807) is 12.1 Å². The van der Waals surface area contributed by atoms with Crippen molar-refractivity contribution in [2.24, 2.45) is 46.3 Å². The maximum absolute atomic E-state index is 12.9. The third-order valence-corrected chi connectivity index (χ3v) is 12.6. The fourth-order valence-electron chi connectivity index (χ4n) is 10.2. The first kappa shape index (κ1) is 33.0. The summed E-state index contributed by atoms with van der Waals surface area (Å²) in [7, 11) is 0. The van der Waals surface area contributed by atoms with Gasteiger partial charge in [0.1, 0.15) is 12.4 Å². The predicted molar refractivity (Wildman–Crippen MR) is 172 cm³/mol. The minimum Gasteiger partial charge on any atom is -0.508 e. The van der Waals surface area contributed by atoms with Gasteiger partial charge in [-0.3, -0.25) is 4.79 Å². The summed E-state index contributed by atoms with van der Waals surface area (Å²) in [5.74, 6) is 3.13. The molecule has 0 aromatic heterocycles. The van der Waals surface area contributed by atoms with Gasteiger partial charge < -0.3 is 19.7 Å². The molecule has 0 bridgehead atoms. The van der Waals surface area contributed by atoms with Crippen LogP contribution in [0, 0.1) is 46.3 Å². The molecule has 3 fully saturated rings. The highest BCUT2D eigenvalue weighted by Gasteiger charge is 2.59. The summed E-state index contributed by atoms with van der Waals surface area (Å²) in [5, 5.41) is 19.0. The van der Waals surface area contributed by atoms with Gasteiger partial charge in [0.2, 0.25) is 0 Å². The molecule has 4 aliphatic carbocycles. The van der Waals surface area contributed by atoms with Gasteiger partial charge in [0.15, 0.2) is 6.10 Å². The van der Waals surface area contributed by atoms with Crippen LogP contribution in [0.25, 0.3) is 0 Å². The number of carboxylic acid groups (broad SMARTS) is 1. The molecule has 0 heterocycles. The van der Waals surface area contributed by atoms with Crippen molar-refractivity contribution < 1.29 is 29.3 Å². The van der Waals surface area contributed by atoms with E-state index >= 15 is 0 Å². The Hall–Kier alpha value is -2.34. The second-order valence-corrected chi connectivity index (χ2v) is 15.7. The van der Waals surface area contributed by atoms with Gasteiger partial charge in [-0.05, 0) is 115 Å². The van der Waals surface area contributed by atoms with Gasteiger partial charge in [0, 0.05) is 0 Å². The molecule has 4 aliphatic rings. The van der Waals surface area contributed by atoms with Gasteiger partial charge >= 0.3 is 11.9 Å². The number of fused-ring (bicyclic) bond motifs is 5. The van der Waals surface area contributed by atoms with Crippen molar-refractivity contribution >= 4 is 11.9 Å². The van der Waals surface area contributed by atoms with Crippen molar-refractivity contribution in [1.82, 2.24) is 0 Å². The number of carboxylic acids is 1. The number of esters is 1. The average molecular weight is 609 g/mol. The third kappa shape index (κ3) is 6.90. The summed E-state index contributed by atoms with van der Waals surface area (Å²) in [6, 6.07) is 6.41. The quantitative estimate of drug-likeness (QED) is 0.182. The Bertz CT molecular complexity index is 1190. The smallest absolute Gasteiger partial charge is 0.336 e. The number of carbonyl (C=O) groups is 2. The van der Waals surface area contributed by atoms with Gasteiger partial charge in [-0.1, -0.05) is 77.7 Å². The fourth-order valence-corrected chi connectivity index (χ4v) is 10.2. The van der Waals surface area contributed by atoms with Crippen molar-refractivity contribution in [1.29, 1.82) is 0 Å². The Morgan fingerprint density at radius 2 is 1.73 bits per heavy atom. The number of aromatic hydroxyl groups is 1. The normalized spacial score (nSPS) is 34.3. The molecular formula is C38H56O6. The second-order valence-electron chi connectivity index (χ2n) is 15.7. The number of aliphatic carboxylic acids is 1. The molecule has 0 spiro atoms. The molecule has 44 heavy (non-hydrogen) atoms. The molecule has 9 atom stereocenters. The fraction of sp³-hybridized carbons (Fsp3) is 0.737. The predicted octanol–water partition coefficient (Wildman–Crippen LogP) is 8.71. The number of ether oxygens (including phenoxy) is 2. The zero-order valence-corrected chi connectivity index (χ0v) is 27.7. The highest BCUT2D eigenvalue weighted by Crippen LogP contribution is 2.67. The topological polar surface area (TPSA) is 93.1 Å². The van der Waals surface area contributed by atoms with E-state index in [1.165, 1.54) is 62.7 Å². The van der Waals surface area contributed by atoms with Crippen LogP contribution in [0.2, 0.25) is 0 Å². The van der Waals surface area contributed by atoms with Crippen molar-refractivity contribution in [3.8, 4) is 5.75 Å². The van der Waals surface area contributed by atoms with E-state index in [1.807, 2.05) is 0 Å². The van der Waals surface area contributed by atoms with E-state index in [4.69, 9.17) is 9.47 Å². The van der Waals surface area contributed by atoms with Crippen LogP contribution < -0.4 is 0 Å². The molecule has 2 N–H and O–H groups in total. The van der Waals surface area contributed by atoms with E-state index in [0.717, 1.165) is 60.8 Å². The van der Waals surface area contributed by atoms with Crippen LogP contribution in [-0.4, -0.2) is 34.4 Å². The number of benzene rings is 1. The monoisotopic (exact) mass is 608 g/mol. The number of hydrogen-bond donors (Lipinski definition) is 2. The Kier molecular flexibility index (Phi) is 10.2. The zero-order valence-electron chi connectivity index (χ0n) is 27.7. The van der Waals surface area contributed by atoms with Gasteiger partial charge in [0.25, 0.3) is 0 Å². The first-order valence-electron chi connectivity index (χ1n) is 17.4. The summed E-state index contributed by atoms with van der Waals surface area (Å²) in [6.45, 7) is 12.3. The summed E-state index contributed by atoms with van der Waals surface area (Å²) >= 11 is 0. The number of allylic oxidation sites excluding steroid dienone is 1. The molecule has 5 rings (SSSR count). The molecule has 0 saturated heterocycles. The van der Waals surface area contributed by atoms with Crippen LogP contribution in [0.15, 0.2) is 35.9 Å². The van der Waals surface area contributed by atoms with Crippen molar-refractivity contribution in [2.75, 3.05) is 0 Å². The standard InChI is InChI=1S/C38H56O6/c1-24(2)7-6-8-25(3)31-15-16-32-30-14-11-27-21-29(17-19-37(27,4)33(30)18-20-38(31,32)5)44-34(22-35(40)41)36(42)43-23-26-9-12-28(39)13-10-26/h9-13,24-25,29-34,39H,6-8,14-23H2,1-5H3,(H,40,41)/t25-,29+,30+,31-,32+,33+,34?,37+,38-/m1/s1. The van der Waals surface area contributed by atoms with E-state index in [-0.39, 0.29) is 23.9 Å². The summed E-state index contributed by atoms with van der Waals surface area (Å²) < 4.78 is 11.7. The van der Waals surface area contributed by atoms with Crippen molar-refractivity contribution in [2.45, 2.75) is 130 Å². The largest absolute Gasteiger partial charge is 0.508 e. The first-order valence-corrected chi connectivity index (χ1v) is 17.4. The first-order chi connectivity index (χ1) is 20.9. The maximum atomic E-state index is 12.9. The van der Waals surface area contributed by atoms with Gasteiger partial charge in [-0.15, -0.1) is 0 Å². The highest BCUT2D eigenvalue weighted by atomic mass is 16.6. The van der Waals surface area contributed by atoms with E-state index in [9.17, 15) is 19.8 Å². The Balaban J connectivity index is 1.22. The van der Waals surface area contributed by atoms with Crippen molar-refractivity contribution in [3.05, 3.63) is 41.5 Å². The SMILES string of the molecule is CC(C)CCC[C@@H](C)[C@H]1CC[C@H]2[C@@H]3CC=C4C[C@@H](OC(CC(=O)O)C(=O)OCc5ccc(O)cc5)CC[C@]4(C)[C@H]3CC[C@]12C. The number of hydrogen-bond acceptors (Lipinski definition) is 5. The average Bonchev–Trinajstić information content (AvgIpc) is 3.33. The summed E-state index contributed by atoms with van der Waals surface area (Å²) in [5.41, 5.74) is 2.80. The van der Waals surface area contributed by atoms with Gasteiger partial charge in [0.05, 0.1) is 12.5 Å². The third-order valence-electron chi connectivity index (χ3n) is 12.6. The van der Waals surface area contributed by atoms with Gasteiger partial charge in [-0.2, -0.15) is 0 Å². The molecule has 1 unspecified atom stereocenters. The lowest BCUT2D eigenvalue weighted by atomic mass is 9.47. The lowest BCUT2D eigenvalue weighted by molar-refractivity contribution is -0.169. The highest BCUT2D eigenvalue weighted by molar-refractivity contribution is 5.81. The molecule has 0 aliphatic heterocycles. The van der Waals surface area contributed by atoms with E-state index in [0.29, 0.717) is 11.3 Å². The maximum Gasteiger partial charge on any atom is 0.336 e. The number of rotatable bonds is 12. The molecule has 6 nitrogen and oxygen atoms in total. The van der Waals surface area contributed by atoms with Crippen LogP contribution in [-0.2, 0) is 25.7 Å². The number of phenolic OH excluding ortho intramolecular Hbond substituents is 1. The van der Waals surface area contributed by atoms with Crippen LogP contribution in [0.4, 0.5) is 0 Å². The summed E-state index contributed by atoms with van der Waals surface area (Å²) in [4.78, 5) is 24.6. The second kappa shape index (κ2) is 13.6.